The summed E-state index contributed by atoms with van der Waals surface area (Å²) < 4.78 is 14.8. The number of fused-ring (bicyclic) bond motifs is 1. The average molecular weight is 426 g/mol. The number of H-pyrrole nitrogens is 1. The van der Waals surface area contributed by atoms with Gasteiger partial charge in [0, 0.05) is 30.9 Å². The molecule has 1 saturated carbocycles. The van der Waals surface area contributed by atoms with E-state index in [1.165, 1.54) is 25.3 Å². The maximum atomic E-state index is 14.8. The van der Waals surface area contributed by atoms with Gasteiger partial charge >= 0.3 is 0 Å². The molecule has 0 unspecified atom stereocenters. The molecule has 2 heterocycles. The van der Waals surface area contributed by atoms with Crippen LogP contribution in [-0.2, 0) is 6.42 Å². The van der Waals surface area contributed by atoms with Gasteiger partial charge in [0.25, 0.3) is 5.56 Å². The fraction of sp³-hybridized carbons (Fsp3) is 0.391. The summed E-state index contributed by atoms with van der Waals surface area (Å²) in [5, 5.41) is 8.68. The molecule has 2 aliphatic rings. The van der Waals surface area contributed by atoms with E-state index in [1.807, 2.05) is 24.3 Å². The Morgan fingerprint density at radius 1 is 1.13 bits per heavy atom. The van der Waals surface area contributed by atoms with E-state index in [0.29, 0.717) is 35.5 Å². The summed E-state index contributed by atoms with van der Waals surface area (Å²) in [6.07, 6.45) is 5.58. The number of aromatic amines is 1. The fourth-order valence-electron chi connectivity index (χ4n) is 4.66. The highest BCUT2D eigenvalue weighted by molar-refractivity contribution is 7.77. The zero-order valence-corrected chi connectivity index (χ0v) is 17.7. The van der Waals surface area contributed by atoms with Gasteiger partial charge in [-0.05, 0) is 36.6 Å². The first-order valence-electron chi connectivity index (χ1n) is 10.6. The maximum absolute atomic E-state index is 14.8. The number of nitrogens with one attached hydrogen (secondary N) is 1. The summed E-state index contributed by atoms with van der Waals surface area (Å²) >= 11 is 0. The van der Waals surface area contributed by atoms with Gasteiger partial charge in [0.2, 0.25) is 0 Å². The van der Waals surface area contributed by atoms with Crippen LogP contribution in [0.3, 0.4) is 0 Å². The monoisotopic (exact) mass is 426 g/mol. The second-order valence-electron chi connectivity index (χ2n) is 8.50. The molecule has 0 spiro atoms. The van der Waals surface area contributed by atoms with Crippen LogP contribution in [0.4, 0.5) is 4.39 Å². The van der Waals surface area contributed by atoms with Gasteiger partial charge in [-0.2, -0.15) is 5.10 Å². The number of rotatable bonds is 4. The van der Waals surface area contributed by atoms with Crippen LogP contribution < -0.4 is 10.9 Å². The van der Waals surface area contributed by atoms with Gasteiger partial charge in [-0.15, -0.1) is 0 Å². The van der Waals surface area contributed by atoms with Crippen LogP contribution >= 0.6 is 7.49 Å². The summed E-state index contributed by atoms with van der Waals surface area (Å²) in [4.78, 5) is 25.9. The highest BCUT2D eigenvalue weighted by atomic mass is 31.2. The van der Waals surface area contributed by atoms with Gasteiger partial charge < -0.3 is 0 Å². The summed E-state index contributed by atoms with van der Waals surface area (Å²) in [7, 11) is -2.50. The number of benzene rings is 2. The van der Waals surface area contributed by atoms with Crippen LogP contribution in [0.1, 0.15) is 30.5 Å². The van der Waals surface area contributed by atoms with Crippen molar-refractivity contribution in [1.82, 2.24) is 15.1 Å². The Morgan fingerprint density at radius 2 is 1.87 bits per heavy atom. The highest BCUT2D eigenvalue weighted by Crippen LogP contribution is 2.55. The molecule has 156 valence electrons. The highest BCUT2D eigenvalue weighted by Gasteiger charge is 2.46. The van der Waals surface area contributed by atoms with E-state index in [-0.39, 0.29) is 11.4 Å². The lowest BCUT2D eigenvalue weighted by Gasteiger charge is -2.41. The van der Waals surface area contributed by atoms with Crippen molar-refractivity contribution in [3.63, 3.8) is 0 Å². The van der Waals surface area contributed by atoms with Crippen molar-refractivity contribution in [2.24, 2.45) is 0 Å². The van der Waals surface area contributed by atoms with Crippen LogP contribution in [0, 0.1) is 5.82 Å². The lowest BCUT2D eigenvalue weighted by Crippen LogP contribution is -2.48. The minimum Gasteiger partial charge on any atom is -0.293 e. The summed E-state index contributed by atoms with van der Waals surface area (Å²) in [6.45, 7) is 1.70. The first kappa shape index (κ1) is 19.8. The molecule has 0 amide bonds. The standard InChI is InChI=1S/C23H25FN3O2P/c24-20-9-8-16(14-21-18-6-1-2-7-19(18)23(28)26-25-21)15-22(20)30(29)12-10-27(11-13-30)17-4-3-5-17/h1-2,6-9,15,17,29H,3-5,10-14H2/p+1. The lowest BCUT2D eigenvalue weighted by atomic mass is 9.91. The van der Waals surface area contributed by atoms with Gasteiger partial charge in [-0.25, -0.2) is 14.4 Å². The van der Waals surface area contributed by atoms with E-state index >= 15 is 0 Å². The largest absolute Gasteiger partial charge is 0.293 e. The molecule has 5 rings (SSSR count). The van der Waals surface area contributed by atoms with E-state index in [2.05, 4.69) is 15.1 Å². The van der Waals surface area contributed by atoms with Crippen molar-refractivity contribution < 1.29 is 9.28 Å². The van der Waals surface area contributed by atoms with Crippen molar-refractivity contribution in [3.8, 4) is 0 Å². The smallest absolute Gasteiger partial charge is 0.272 e. The number of halogens is 1. The molecule has 1 aliphatic carbocycles. The van der Waals surface area contributed by atoms with E-state index in [0.717, 1.165) is 29.7 Å². The van der Waals surface area contributed by atoms with Gasteiger partial charge in [0.1, 0.15) is 12.3 Å². The van der Waals surface area contributed by atoms with Crippen molar-refractivity contribution in [2.75, 3.05) is 25.4 Å². The molecule has 30 heavy (non-hydrogen) atoms. The summed E-state index contributed by atoms with van der Waals surface area (Å²) in [5.41, 5.74) is 1.42. The minimum atomic E-state index is -2.50. The SMILES string of the molecule is O=c1[nH]nc(Cc2ccc(F)c([P+]3(O)CCN(C4CCC4)CC3)c2)c2ccccc12. The lowest BCUT2D eigenvalue weighted by molar-refractivity contribution is 0.137. The van der Waals surface area contributed by atoms with Crippen molar-refractivity contribution in [1.29, 1.82) is 0 Å². The molecule has 2 aromatic carbocycles. The van der Waals surface area contributed by atoms with E-state index < -0.39 is 7.49 Å². The van der Waals surface area contributed by atoms with E-state index in [1.54, 1.807) is 12.1 Å². The van der Waals surface area contributed by atoms with Crippen LogP contribution in [0.2, 0.25) is 0 Å². The van der Waals surface area contributed by atoms with Crippen molar-refractivity contribution >= 4 is 23.6 Å². The molecule has 1 aromatic heterocycles. The zero-order valence-electron chi connectivity index (χ0n) is 16.9. The topological polar surface area (TPSA) is 69.2 Å². The molecule has 7 heteroatoms. The van der Waals surface area contributed by atoms with Crippen LogP contribution in [0.5, 0.6) is 0 Å². The first-order chi connectivity index (χ1) is 14.5. The van der Waals surface area contributed by atoms with E-state index in [9.17, 15) is 14.1 Å². The Bertz CT molecular complexity index is 1140. The third-order valence-electron chi connectivity index (χ3n) is 6.71. The molecule has 0 atom stereocenters. The quantitative estimate of drug-likeness (QED) is 0.630. The Hall–Kier alpha value is -2.14. The molecule has 2 fully saturated rings. The Morgan fingerprint density at radius 3 is 2.57 bits per heavy atom. The van der Waals surface area contributed by atoms with Gasteiger partial charge in [-0.3, -0.25) is 9.69 Å². The summed E-state index contributed by atoms with van der Waals surface area (Å²) in [6, 6.07) is 13.1. The Labute approximate surface area is 175 Å². The number of hydrogen-bond donors (Lipinski definition) is 2. The maximum Gasteiger partial charge on any atom is 0.272 e. The average Bonchev–Trinajstić information content (AvgIpc) is 2.72. The molecule has 0 radical (unpaired) electrons. The number of nitrogens with zero attached hydrogens (tertiary/aromatic N) is 2. The molecule has 5 nitrogen and oxygen atoms in total. The molecule has 3 aromatic rings. The normalized spacial score (nSPS) is 19.7. The van der Waals surface area contributed by atoms with Crippen LogP contribution in [0.25, 0.3) is 10.8 Å². The minimum absolute atomic E-state index is 0.215. The molecule has 1 saturated heterocycles. The van der Waals surface area contributed by atoms with Crippen LogP contribution in [0.15, 0.2) is 47.3 Å². The summed E-state index contributed by atoms with van der Waals surface area (Å²) in [5.74, 6) is -0.314. The van der Waals surface area contributed by atoms with E-state index in [4.69, 9.17) is 0 Å². The van der Waals surface area contributed by atoms with Gasteiger partial charge in [-0.1, -0.05) is 30.7 Å². The number of hydrogen-bond acceptors (Lipinski definition) is 4. The molecule has 1 aliphatic heterocycles. The third-order valence-corrected chi connectivity index (χ3v) is 9.83. The Balaban J connectivity index is 1.42. The molecule has 0 bridgehead atoms. The van der Waals surface area contributed by atoms with Gasteiger partial charge in [0.15, 0.2) is 18.6 Å². The molecule has 2 N–H and O–H groups in total. The van der Waals surface area contributed by atoms with Crippen molar-refractivity contribution in [2.45, 2.75) is 31.7 Å². The molecular formula is C23H26FN3O2P+. The van der Waals surface area contributed by atoms with Gasteiger partial charge in [0.05, 0.1) is 11.1 Å². The third kappa shape index (κ3) is 3.58. The predicted molar refractivity (Wildman–Crippen MR) is 119 cm³/mol. The predicted octanol–water partition coefficient (Wildman–Crippen LogP) is 3.07. The fourth-order valence-corrected chi connectivity index (χ4v) is 7.42. The van der Waals surface area contributed by atoms with Crippen molar-refractivity contribution in [3.05, 3.63) is 69.9 Å². The zero-order chi connectivity index (χ0) is 20.7. The second-order valence-corrected chi connectivity index (χ2v) is 11.7. The molecular weight excluding hydrogens is 400 g/mol. The Kier molecular flexibility index (Phi) is 5.18. The van der Waals surface area contributed by atoms with Crippen LogP contribution in [-0.4, -0.2) is 51.4 Å². The number of aromatic nitrogens is 2. The second kappa shape index (κ2) is 7.84. The first-order valence-corrected chi connectivity index (χ1v) is 12.7.